The van der Waals surface area contributed by atoms with E-state index in [1.54, 1.807) is 13.2 Å². The van der Waals surface area contributed by atoms with Crippen LogP contribution < -0.4 is 0 Å². The number of likely N-dealkylation sites (tertiary alicyclic amines) is 1. The molecule has 3 atom stereocenters. The molecule has 3 rings (SSSR count). The maximum absolute atomic E-state index is 12.7. The highest BCUT2D eigenvalue weighted by atomic mass is 32.1. The normalized spacial score (nSPS) is 27.5. The van der Waals surface area contributed by atoms with Gasteiger partial charge in [-0.3, -0.25) is 9.69 Å². The molecule has 1 saturated heterocycles. The second kappa shape index (κ2) is 7.21. The third kappa shape index (κ3) is 3.34. The third-order valence-corrected chi connectivity index (χ3v) is 6.33. The Hall–Kier alpha value is -1.44. The van der Waals surface area contributed by atoms with Crippen molar-refractivity contribution in [3.63, 3.8) is 0 Å². The number of amides is 1. The maximum atomic E-state index is 12.7. The van der Waals surface area contributed by atoms with Gasteiger partial charge in [0.05, 0.1) is 11.0 Å². The van der Waals surface area contributed by atoms with Gasteiger partial charge in [-0.25, -0.2) is 4.79 Å². The zero-order chi connectivity index (χ0) is 17.3. The number of aromatic carboxylic acids is 1. The maximum Gasteiger partial charge on any atom is 0.345 e. The van der Waals surface area contributed by atoms with Gasteiger partial charge in [-0.15, -0.1) is 11.3 Å². The number of methoxy groups -OCH3 is 1. The molecule has 0 radical (unpaired) electrons. The van der Waals surface area contributed by atoms with Crippen LogP contribution in [0.3, 0.4) is 0 Å². The molecule has 1 saturated carbocycles. The number of carbonyl (C=O) groups is 2. The first kappa shape index (κ1) is 17.4. The van der Waals surface area contributed by atoms with Gasteiger partial charge in [0.25, 0.3) is 5.91 Å². The number of ether oxygens (including phenoxy) is 1. The monoisotopic (exact) mass is 352 g/mol. The molecule has 6 nitrogen and oxygen atoms in total. The first-order valence-corrected chi connectivity index (χ1v) is 9.20. The summed E-state index contributed by atoms with van der Waals surface area (Å²) in [5, 5.41) is 9.03. The molecule has 132 valence electrons. The lowest BCUT2D eigenvalue weighted by atomic mass is 10.1. The van der Waals surface area contributed by atoms with Crippen LogP contribution in [-0.2, 0) is 4.74 Å². The van der Waals surface area contributed by atoms with Crippen LogP contribution >= 0.6 is 11.3 Å². The third-order valence-electron chi connectivity index (χ3n) is 5.27. The number of nitrogens with zero attached hydrogens (tertiary/aromatic N) is 2. The predicted octanol–water partition coefficient (Wildman–Crippen LogP) is 2.16. The first-order valence-electron chi connectivity index (χ1n) is 8.38. The van der Waals surface area contributed by atoms with Crippen molar-refractivity contribution in [1.82, 2.24) is 9.80 Å². The summed E-state index contributed by atoms with van der Waals surface area (Å²) in [7, 11) is 3.60. The van der Waals surface area contributed by atoms with Crippen LogP contribution in [0.1, 0.15) is 45.0 Å². The van der Waals surface area contributed by atoms with Gasteiger partial charge in [-0.2, -0.15) is 0 Å². The summed E-state index contributed by atoms with van der Waals surface area (Å²) >= 11 is 1.05. The number of rotatable bonds is 5. The second-order valence-electron chi connectivity index (χ2n) is 6.59. The summed E-state index contributed by atoms with van der Waals surface area (Å²) in [5.74, 6) is -1.06. The van der Waals surface area contributed by atoms with Crippen molar-refractivity contribution in [1.29, 1.82) is 0 Å². The lowest BCUT2D eigenvalue weighted by molar-refractivity contribution is 0.0609. The Bertz CT molecular complexity index is 617. The van der Waals surface area contributed by atoms with E-state index in [2.05, 4.69) is 4.90 Å². The van der Waals surface area contributed by atoms with E-state index in [1.165, 1.54) is 6.07 Å². The van der Waals surface area contributed by atoms with Gasteiger partial charge < -0.3 is 14.7 Å². The van der Waals surface area contributed by atoms with Gasteiger partial charge in [0, 0.05) is 39.3 Å². The molecule has 7 heteroatoms. The van der Waals surface area contributed by atoms with Crippen LogP contribution in [0.5, 0.6) is 0 Å². The van der Waals surface area contributed by atoms with Crippen molar-refractivity contribution in [3.8, 4) is 0 Å². The SMILES string of the molecule is COC1CCN([C@@H]2CCC[C@@H]2N(C)C(=O)c2ccc(C(=O)O)s2)C1. The highest BCUT2D eigenvalue weighted by molar-refractivity contribution is 7.15. The largest absolute Gasteiger partial charge is 0.477 e. The molecule has 24 heavy (non-hydrogen) atoms. The number of carboxylic acids is 1. The summed E-state index contributed by atoms with van der Waals surface area (Å²) in [6.07, 6.45) is 4.56. The van der Waals surface area contributed by atoms with Crippen LogP contribution in [-0.4, -0.2) is 72.2 Å². The van der Waals surface area contributed by atoms with E-state index in [9.17, 15) is 9.59 Å². The number of likely N-dealkylation sites (N-methyl/N-ethyl adjacent to an activating group) is 1. The molecule has 0 spiro atoms. The van der Waals surface area contributed by atoms with Crippen molar-refractivity contribution in [3.05, 3.63) is 21.9 Å². The van der Waals surface area contributed by atoms with Gasteiger partial charge in [0.15, 0.2) is 0 Å². The Morgan fingerprint density at radius 2 is 2.04 bits per heavy atom. The average molecular weight is 352 g/mol. The number of carbonyl (C=O) groups excluding carboxylic acids is 1. The van der Waals surface area contributed by atoms with E-state index in [4.69, 9.17) is 9.84 Å². The summed E-state index contributed by atoms with van der Waals surface area (Å²) in [5.41, 5.74) is 0. The summed E-state index contributed by atoms with van der Waals surface area (Å²) < 4.78 is 5.46. The molecule has 1 unspecified atom stereocenters. The average Bonchev–Trinajstić information content (AvgIpc) is 3.32. The minimum Gasteiger partial charge on any atom is -0.477 e. The number of hydrogen-bond donors (Lipinski definition) is 1. The van der Waals surface area contributed by atoms with E-state index in [0.717, 1.165) is 50.1 Å². The second-order valence-corrected chi connectivity index (χ2v) is 7.68. The molecule has 2 heterocycles. The lowest BCUT2D eigenvalue weighted by Crippen LogP contribution is -2.49. The molecule has 2 aliphatic rings. The molecule has 1 N–H and O–H groups in total. The molecule has 1 aromatic heterocycles. The van der Waals surface area contributed by atoms with Crippen molar-refractivity contribution in [2.24, 2.45) is 0 Å². The highest BCUT2D eigenvalue weighted by Gasteiger charge is 2.39. The van der Waals surface area contributed by atoms with E-state index >= 15 is 0 Å². The Balaban J connectivity index is 1.69. The first-order chi connectivity index (χ1) is 11.5. The zero-order valence-corrected chi connectivity index (χ0v) is 14.9. The molecule has 1 aromatic rings. The molecule has 0 aromatic carbocycles. The van der Waals surface area contributed by atoms with Crippen LogP contribution in [0.2, 0.25) is 0 Å². The van der Waals surface area contributed by atoms with E-state index in [-0.39, 0.29) is 16.8 Å². The van der Waals surface area contributed by atoms with Gasteiger partial charge in [0.1, 0.15) is 4.88 Å². The van der Waals surface area contributed by atoms with Gasteiger partial charge >= 0.3 is 5.97 Å². The number of hydrogen-bond acceptors (Lipinski definition) is 5. The predicted molar refractivity (Wildman–Crippen MR) is 91.8 cm³/mol. The van der Waals surface area contributed by atoms with Gasteiger partial charge in [-0.05, 0) is 37.8 Å². The molecule has 0 bridgehead atoms. The van der Waals surface area contributed by atoms with Crippen molar-refractivity contribution in [2.45, 2.75) is 43.9 Å². The van der Waals surface area contributed by atoms with E-state index in [1.807, 2.05) is 11.9 Å². The van der Waals surface area contributed by atoms with Gasteiger partial charge in [-0.1, -0.05) is 0 Å². The smallest absolute Gasteiger partial charge is 0.345 e. The summed E-state index contributed by atoms with van der Waals surface area (Å²) in [6.45, 7) is 1.95. The van der Waals surface area contributed by atoms with Crippen LogP contribution in [0.4, 0.5) is 0 Å². The summed E-state index contributed by atoms with van der Waals surface area (Å²) in [6, 6.07) is 3.68. The molecule has 2 fully saturated rings. The Labute approximate surface area is 146 Å². The Morgan fingerprint density at radius 3 is 2.67 bits per heavy atom. The summed E-state index contributed by atoms with van der Waals surface area (Å²) in [4.78, 5) is 28.7. The van der Waals surface area contributed by atoms with Crippen molar-refractivity contribution >= 4 is 23.2 Å². The minimum absolute atomic E-state index is 0.0770. The quantitative estimate of drug-likeness (QED) is 0.879. The van der Waals surface area contributed by atoms with Crippen LogP contribution in [0.25, 0.3) is 0 Å². The molecular formula is C17H24N2O4S. The minimum atomic E-state index is -0.983. The number of thiophene rings is 1. The van der Waals surface area contributed by atoms with E-state index in [0.29, 0.717) is 17.0 Å². The van der Waals surface area contributed by atoms with Crippen molar-refractivity contribution < 1.29 is 19.4 Å². The van der Waals surface area contributed by atoms with Crippen molar-refractivity contribution in [2.75, 3.05) is 27.2 Å². The van der Waals surface area contributed by atoms with E-state index < -0.39 is 5.97 Å². The fourth-order valence-corrected chi connectivity index (χ4v) is 4.77. The Morgan fingerprint density at radius 1 is 1.29 bits per heavy atom. The number of carboxylic acid groups (broad SMARTS) is 1. The topological polar surface area (TPSA) is 70.1 Å². The fraction of sp³-hybridized carbons (Fsp3) is 0.647. The molecule has 1 amide bonds. The fourth-order valence-electron chi connectivity index (χ4n) is 3.94. The van der Waals surface area contributed by atoms with Gasteiger partial charge in [0.2, 0.25) is 0 Å². The highest BCUT2D eigenvalue weighted by Crippen LogP contribution is 2.32. The molecule has 1 aliphatic carbocycles. The standard InChI is InChI=1S/C17H24N2O4S/c1-18(16(20)14-6-7-15(24-14)17(21)22)12-4-3-5-13(12)19-9-8-11(10-19)23-2/h6-7,11-13H,3-5,8-10H2,1-2H3,(H,21,22)/t11?,12-,13+/m0/s1. The molecule has 1 aliphatic heterocycles. The van der Waals surface area contributed by atoms with Crippen LogP contribution in [0.15, 0.2) is 12.1 Å². The lowest BCUT2D eigenvalue weighted by Gasteiger charge is -2.35. The molecular weight excluding hydrogens is 328 g/mol. The Kier molecular flexibility index (Phi) is 5.22. The zero-order valence-electron chi connectivity index (χ0n) is 14.1. The van der Waals surface area contributed by atoms with Crippen LogP contribution in [0, 0.1) is 0 Å².